The van der Waals surface area contributed by atoms with E-state index in [-0.39, 0.29) is 12.3 Å². The zero-order valence-corrected chi connectivity index (χ0v) is 12.9. The van der Waals surface area contributed by atoms with Crippen molar-refractivity contribution < 1.29 is 14.7 Å². The number of aryl methyl sites for hydroxylation is 1. The predicted octanol–water partition coefficient (Wildman–Crippen LogP) is 3.13. The number of aliphatic carboxylic acids is 1. The SMILES string of the molecule is Cc1cc(Br)cnc1NC(=O)CC1(C(=O)O)CCCC1. The maximum absolute atomic E-state index is 12.1. The number of carboxylic acid groups (broad SMARTS) is 1. The first-order valence-corrected chi connectivity index (χ1v) is 7.38. The average molecular weight is 341 g/mol. The molecule has 1 heterocycles. The number of carboxylic acids is 1. The van der Waals surface area contributed by atoms with E-state index in [9.17, 15) is 14.7 Å². The topological polar surface area (TPSA) is 79.3 Å². The van der Waals surface area contributed by atoms with Gasteiger partial charge in [0.05, 0.1) is 5.41 Å². The lowest BCUT2D eigenvalue weighted by atomic mass is 9.82. The molecule has 0 aromatic carbocycles. The highest BCUT2D eigenvalue weighted by Crippen LogP contribution is 2.41. The highest BCUT2D eigenvalue weighted by atomic mass is 79.9. The smallest absolute Gasteiger partial charge is 0.310 e. The molecule has 1 amide bonds. The van der Waals surface area contributed by atoms with E-state index in [0.717, 1.165) is 22.9 Å². The second kappa shape index (κ2) is 5.91. The molecule has 0 unspecified atom stereocenters. The number of anilines is 1. The van der Waals surface area contributed by atoms with Crippen molar-refractivity contribution in [2.45, 2.75) is 39.0 Å². The van der Waals surface area contributed by atoms with Gasteiger partial charge in [0, 0.05) is 17.1 Å². The monoisotopic (exact) mass is 340 g/mol. The minimum absolute atomic E-state index is 0.0134. The molecule has 20 heavy (non-hydrogen) atoms. The molecule has 1 fully saturated rings. The molecule has 2 rings (SSSR count). The maximum Gasteiger partial charge on any atom is 0.310 e. The quantitative estimate of drug-likeness (QED) is 0.882. The number of nitrogens with one attached hydrogen (secondary N) is 1. The molecule has 0 radical (unpaired) electrons. The lowest BCUT2D eigenvalue weighted by molar-refractivity contribution is -0.150. The Balaban J connectivity index is 2.07. The number of carbonyl (C=O) groups is 2. The summed E-state index contributed by atoms with van der Waals surface area (Å²) in [4.78, 5) is 27.6. The first kappa shape index (κ1) is 15.0. The van der Waals surface area contributed by atoms with E-state index in [1.165, 1.54) is 0 Å². The van der Waals surface area contributed by atoms with Crippen LogP contribution in [-0.4, -0.2) is 22.0 Å². The zero-order chi connectivity index (χ0) is 14.8. The summed E-state index contributed by atoms with van der Waals surface area (Å²) in [5.74, 6) is -0.672. The van der Waals surface area contributed by atoms with Crippen LogP contribution in [-0.2, 0) is 9.59 Å². The molecular weight excluding hydrogens is 324 g/mol. The summed E-state index contributed by atoms with van der Waals surface area (Å²) in [5, 5.41) is 12.1. The number of hydrogen-bond acceptors (Lipinski definition) is 3. The number of pyridine rings is 1. The predicted molar refractivity (Wildman–Crippen MR) is 78.5 cm³/mol. The van der Waals surface area contributed by atoms with Gasteiger partial charge in [-0.15, -0.1) is 0 Å². The Morgan fingerprint density at radius 2 is 2.10 bits per heavy atom. The van der Waals surface area contributed by atoms with Crippen LogP contribution in [0.5, 0.6) is 0 Å². The van der Waals surface area contributed by atoms with Crippen LogP contribution in [0.4, 0.5) is 5.82 Å². The molecule has 0 atom stereocenters. The van der Waals surface area contributed by atoms with E-state index >= 15 is 0 Å². The van der Waals surface area contributed by atoms with Crippen molar-refractivity contribution in [3.63, 3.8) is 0 Å². The molecule has 5 nitrogen and oxygen atoms in total. The number of amides is 1. The Bertz CT molecular complexity index is 539. The molecule has 1 saturated carbocycles. The third-order valence-corrected chi connectivity index (χ3v) is 4.25. The molecule has 0 bridgehead atoms. The molecular formula is C14H17BrN2O3. The number of carbonyl (C=O) groups excluding carboxylic acids is 1. The number of halogens is 1. The van der Waals surface area contributed by atoms with Crippen LogP contribution < -0.4 is 5.32 Å². The van der Waals surface area contributed by atoms with E-state index in [1.54, 1.807) is 6.20 Å². The van der Waals surface area contributed by atoms with Crippen molar-refractivity contribution in [3.8, 4) is 0 Å². The fraction of sp³-hybridized carbons (Fsp3) is 0.500. The van der Waals surface area contributed by atoms with Gasteiger partial charge in [0.2, 0.25) is 5.91 Å². The molecule has 1 aromatic rings. The summed E-state index contributed by atoms with van der Waals surface area (Å²) in [6.07, 6.45) is 4.50. The molecule has 108 valence electrons. The largest absolute Gasteiger partial charge is 0.481 e. The van der Waals surface area contributed by atoms with Crippen molar-refractivity contribution in [1.29, 1.82) is 0 Å². The Morgan fingerprint density at radius 3 is 2.65 bits per heavy atom. The fourth-order valence-electron chi connectivity index (χ4n) is 2.67. The first-order valence-electron chi connectivity index (χ1n) is 6.58. The zero-order valence-electron chi connectivity index (χ0n) is 11.3. The van der Waals surface area contributed by atoms with Crippen molar-refractivity contribution in [1.82, 2.24) is 4.98 Å². The van der Waals surface area contributed by atoms with Gasteiger partial charge in [0.1, 0.15) is 5.82 Å². The summed E-state index contributed by atoms with van der Waals surface area (Å²) in [5.41, 5.74) is -0.0589. The summed E-state index contributed by atoms with van der Waals surface area (Å²) < 4.78 is 0.839. The van der Waals surface area contributed by atoms with Gasteiger partial charge in [-0.05, 0) is 47.3 Å². The lowest BCUT2D eigenvalue weighted by Crippen LogP contribution is -2.33. The van der Waals surface area contributed by atoms with Crippen LogP contribution in [0.15, 0.2) is 16.7 Å². The maximum atomic E-state index is 12.1. The van der Waals surface area contributed by atoms with Crippen LogP contribution in [0.3, 0.4) is 0 Å². The normalized spacial score (nSPS) is 16.9. The fourth-order valence-corrected chi connectivity index (χ4v) is 3.12. The Hall–Kier alpha value is -1.43. The Kier molecular flexibility index (Phi) is 4.42. The molecule has 6 heteroatoms. The van der Waals surface area contributed by atoms with E-state index in [2.05, 4.69) is 26.2 Å². The first-order chi connectivity index (χ1) is 9.43. The molecule has 0 saturated heterocycles. The molecule has 1 aromatic heterocycles. The second-order valence-electron chi connectivity index (χ2n) is 5.34. The van der Waals surface area contributed by atoms with Gasteiger partial charge in [0.25, 0.3) is 0 Å². The minimum Gasteiger partial charge on any atom is -0.481 e. The summed E-state index contributed by atoms with van der Waals surface area (Å²) in [6.45, 7) is 1.84. The van der Waals surface area contributed by atoms with Crippen molar-refractivity contribution in [2.24, 2.45) is 5.41 Å². The molecule has 0 spiro atoms. The standard InChI is InChI=1S/C14H17BrN2O3/c1-9-6-10(15)8-16-12(9)17-11(18)7-14(13(19)20)4-2-3-5-14/h6,8H,2-5,7H2,1H3,(H,19,20)(H,16,17,18). The van der Waals surface area contributed by atoms with Gasteiger partial charge >= 0.3 is 5.97 Å². The summed E-state index contributed by atoms with van der Waals surface area (Å²) >= 11 is 3.31. The minimum atomic E-state index is -0.895. The van der Waals surface area contributed by atoms with E-state index in [4.69, 9.17) is 0 Å². The summed E-state index contributed by atoms with van der Waals surface area (Å²) in [7, 11) is 0. The lowest BCUT2D eigenvalue weighted by Gasteiger charge is -2.22. The number of aromatic nitrogens is 1. The molecule has 0 aliphatic heterocycles. The second-order valence-corrected chi connectivity index (χ2v) is 6.25. The van der Waals surface area contributed by atoms with Crippen molar-refractivity contribution in [2.75, 3.05) is 5.32 Å². The van der Waals surface area contributed by atoms with Crippen molar-refractivity contribution >= 4 is 33.6 Å². The van der Waals surface area contributed by atoms with E-state index < -0.39 is 11.4 Å². The van der Waals surface area contributed by atoms with E-state index in [1.807, 2.05) is 13.0 Å². The summed E-state index contributed by atoms with van der Waals surface area (Å²) in [6, 6.07) is 1.85. The highest BCUT2D eigenvalue weighted by Gasteiger charge is 2.43. The van der Waals surface area contributed by atoms with Crippen LogP contribution in [0.2, 0.25) is 0 Å². The Labute approximate surface area is 125 Å². The van der Waals surface area contributed by atoms with Gasteiger partial charge < -0.3 is 10.4 Å². The third kappa shape index (κ3) is 3.17. The Morgan fingerprint density at radius 1 is 1.45 bits per heavy atom. The van der Waals surface area contributed by atoms with Gasteiger partial charge in [0.15, 0.2) is 0 Å². The van der Waals surface area contributed by atoms with Crippen LogP contribution in [0, 0.1) is 12.3 Å². The van der Waals surface area contributed by atoms with Gasteiger partial charge in [-0.1, -0.05) is 12.8 Å². The van der Waals surface area contributed by atoms with Gasteiger partial charge in [-0.3, -0.25) is 9.59 Å². The number of nitrogens with zero attached hydrogens (tertiary/aromatic N) is 1. The third-order valence-electron chi connectivity index (χ3n) is 3.82. The van der Waals surface area contributed by atoms with Gasteiger partial charge in [-0.2, -0.15) is 0 Å². The van der Waals surface area contributed by atoms with E-state index in [0.29, 0.717) is 18.7 Å². The van der Waals surface area contributed by atoms with Gasteiger partial charge in [-0.25, -0.2) is 4.98 Å². The van der Waals surface area contributed by atoms with Crippen LogP contribution in [0.1, 0.15) is 37.7 Å². The number of hydrogen-bond donors (Lipinski definition) is 2. The molecule has 2 N–H and O–H groups in total. The van der Waals surface area contributed by atoms with Crippen LogP contribution in [0.25, 0.3) is 0 Å². The van der Waals surface area contributed by atoms with Crippen molar-refractivity contribution in [3.05, 3.63) is 22.3 Å². The highest BCUT2D eigenvalue weighted by molar-refractivity contribution is 9.10. The molecule has 1 aliphatic carbocycles. The molecule has 1 aliphatic rings. The number of rotatable bonds is 4. The average Bonchev–Trinajstić information content (AvgIpc) is 2.82. The van der Waals surface area contributed by atoms with Crippen LogP contribution >= 0.6 is 15.9 Å².